The van der Waals surface area contributed by atoms with Crippen LogP contribution < -0.4 is 10.2 Å². The molecule has 0 bridgehead atoms. The Hall–Kier alpha value is -2.41. The average molecular weight is 548 g/mol. The highest BCUT2D eigenvalue weighted by Crippen LogP contribution is 2.31. The number of carbonyl (C=O) groups is 1. The molecule has 1 N–H and O–H groups in total. The van der Waals surface area contributed by atoms with Gasteiger partial charge in [0.15, 0.2) is 0 Å². The molecule has 2 aromatic rings. The number of aromatic nitrogens is 1. The van der Waals surface area contributed by atoms with Crippen LogP contribution in [-0.4, -0.2) is 68.4 Å². The number of alkyl halides is 3. The first kappa shape index (κ1) is 28.2. The Kier molecular flexibility index (Phi) is 8.54. The number of hydrogen-bond acceptors (Lipinski definition) is 5. The van der Waals surface area contributed by atoms with Crippen LogP contribution in [-0.2, 0) is 29.2 Å². The first-order valence-corrected chi connectivity index (χ1v) is 12.8. The normalized spacial score (nSPS) is 18.6. The lowest BCUT2D eigenvalue weighted by Crippen LogP contribution is -2.51. The second-order valence-corrected chi connectivity index (χ2v) is 11.2. The fourth-order valence-corrected chi connectivity index (χ4v) is 5.43. The molecule has 1 atom stereocenters. The largest absolute Gasteiger partial charge is 0.433 e. The zero-order valence-electron chi connectivity index (χ0n) is 20.0. The quantitative estimate of drug-likeness (QED) is 0.619. The molecule has 3 heterocycles. The van der Waals surface area contributed by atoms with Crippen molar-refractivity contribution in [1.82, 2.24) is 19.5 Å². The van der Waals surface area contributed by atoms with Crippen molar-refractivity contribution in [3.63, 3.8) is 0 Å². The number of halogens is 4. The van der Waals surface area contributed by atoms with E-state index in [1.165, 1.54) is 32.4 Å². The van der Waals surface area contributed by atoms with Gasteiger partial charge in [-0.25, -0.2) is 17.5 Å². The van der Waals surface area contributed by atoms with Crippen molar-refractivity contribution >= 4 is 34.1 Å². The molecule has 1 saturated heterocycles. The van der Waals surface area contributed by atoms with Gasteiger partial charge in [-0.1, -0.05) is 6.07 Å². The molecule has 1 aromatic carbocycles. The van der Waals surface area contributed by atoms with Crippen molar-refractivity contribution < 1.29 is 26.4 Å². The SMILES string of the molecule is CN(C)S(=O)(=O)c1ccc2c(c1)CCN2C(=O)NC1CCCN(Cc2ccc(C(F)(F)F)nc2)C1.Cl. The van der Waals surface area contributed by atoms with Crippen molar-refractivity contribution in [2.45, 2.75) is 42.9 Å². The Morgan fingerprint density at radius 3 is 2.58 bits per heavy atom. The molecule has 36 heavy (non-hydrogen) atoms. The fraction of sp³-hybridized carbons (Fsp3) is 0.478. The number of carbonyl (C=O) groups excluding carboxylic acids is 1. The van der Waals surface area contributed by atoms with E-state index in [0.717, 1.165) is 35.3 Å². The maximum absolute atomic E-state index is 13.0. The van der Waals surface area contributed by atoms with Gasteiger partial charge in [-0.15, -0.1) is 12.4 Å². The lowest BCUT2D eigenvalue weighted by atomic mass is 10.1. The molecule has 8 nitrogen and oxygen atoms in total. The molecule has 0 saturated carbocycles. The van der Waals surface area contributed by atoms with Crippen molar-refractivity contribution in [3.05, 3.63) is 53.3 Å². The number of anilines is 1. The summed E-state index contributed by atoms with van der Waals surface area (Å²) in [5.41, 5.74) is 1.27. The molecule has 0 aliphatic carbocycles. The minimum Gasteiger partial charge on any atom is -0.334 e. The summed E-state index contributed by atoms with van der Waals surface area (Å²) < 4.78 is 64.2. The number of piperidine rings is 1. The zero-order chi connectivity index (χ0) is 25.4. The summed E-state index contributed by atoms with van der Waals surface area (Å²) >= 11 is 0. The minimum absolute atomic E-state index is 0. The van der Waals surface area contributed by atoms with Crippen molar-refractivity contribution in [3.8, 4) is 0 Å². The highest BCUT2D eigenvalue weighted by molar-refractivity contribution is 7.89. The van der Waals surface area contributed by atoms with E-state index in [4.69, 9.17) is 0 Å². The third-order valence-electron chi connectivity index (χ3n) is 6.32. The van der Waals surface area contributed by atoms with Gasteiger partial charge in [0.1, 0.15) is 5.69 Å². The molecule has 2 amide bonds. The van der Waals surface area contributed by atoms with Crippen LogP contribution >= 0.6 is 12.4 Å². The van der Waals surface area contributed by atoms with Gasteiger partial charge in [-0.3, -0.25) is 14.8 Å². The summed E-state index contributed by atoms with van der Waals surface area (Å²) in [6, 6.07) is 6.88. The van der Waals surface area contributed by atoms with Crippen LogP contribution in [0.3, 0.4) is 0 Å². The minimum atomic E-state index is -4.46. The van der Waals surface area contributed by atoms with E-state index in [1.54, 1.807) is 17.0 Å². The standard InChI is InChI=1S/C23H28F3N5O3S.ClH/c1-29(2)35(33,34)19-6-7-20-17(12-19)9-11-31(20)22(32)28-18-4-3-10-30(15-18)14-16-5-8-21(27-13-16)23(24,25)26;/h5-8,12-13,18H,3-4,9-11,14-15H2,1-2H3,(H,28,32);1H. The van der Waals surface area contributed by atoms with Crippen LogP contribution in [0.15, 0.2) is 41.4 Å². The maximum atomic E-state index is 13.0. The monoisotopic (exact) mass is 547 g/mol. The predicted octanol–water partition coefficient (Wildman–Crippen LogP) is 3.51. The Bertz CT molecular complexity index is 1190. The van der Waals surface area contributed by atoms with E-state index in [0.29, 0.717) is 37.3 Å². The van der Waals surface area contributed by atoms with Gasteiger partial charge in [-0.2, -0.15) is 13.2 Å². The van der Waals surface area contributed by atoms with E-state index in [-0.39, 0.29) is 29.4 Å². The molecule has 2 aliphatic rings. The highest BCUT2D eigenvalue weighted by Gasteiger charge is 2.32. The summed E-state index contributed by atoms with van der Waals surface area (Å²) in [4.78, 5) is 20.5. The van der Waals surface area contributed by atoms with Gasteiger partial charge in [0.25, 0.3) is 0 Å². The molecule has 0 radical (unpaired) electrons. The number of sulfonamides is 1. The Morgan fingerprint density at radius 2 is 1.94 bits per heavy atom. The number of fused-ring (bicyclic) bond motifs is 1. The van der Waals surface area contributed by atoms with Gasteiger partial charge in [-0.05, 0) is 61.2 Å². The Labute approximate surface area is 214 Å². The molecule has 1 unspecified atom stereocenters. The van der Waals surface area contributed by atoms with E-state index >= 15 is 0 Å². The van der Waals surface area contributed by atoms with Crippen LogP contribution in [0.2, 0.25) is 0 Å². The van der Waals surface area contributed by atoms with Crippen LogP contribution in [0.5, 0.6) is 0 Å². The van der Waals surface area contributed by atoms with Crippen LogP contribution in [0, 0.1) is 0 Å². The first-order chi connectivity index (χ1) is 16.4. The average Bonchev–Trinajstić information content (AvgIpc) is 3.22. The molecule has 0 spiro atoms. The molecular weight excluding hydrogens is 519 g/mol. The Balaban J connectivity index is 0.00000361. The topological polar surface area (TPSA) is 85.8 Å². The zero-order valence-corrected chi connectivity index (χ0v) is 21.6. The second kappa shape index (κ2) is 10.9. The lowest BCUT2D eigenvalue weighted by Gasteiger charge is -2.34. The molecule has 13 heteroatoms. The van der Waals surface area contributed by atoms with E-state index in [9.17, 15) is 26.4 Å². The van der Waals surface area contributed by atoms with Gasteiger partial charge in [0, 0.05) is 51.7 Å². The van der Waals surface area contributed by atoms with E-state index in [1.807, 2.05) is 0 Å². The number of benzene rings is 1. The summed E-state index contributed by atoms with van der Waals surface area (Å²) in [5, 5.41) is 3.06. The van der Waals surface area contributed by atoms with Crippen LogP contribution in [0.4, 0.5) is 23.7 Å². The second-order valence-electron chi connectivity index (χ2n) is 9.05. The maximum Gasteiger partial charge on any atom is 0.433 e. The molecule has 1 fully saturated rings. The number of urea groups is 1. The first-order valence-electron chi connectivity index (χ1n) is 11.3. The van der Waals surface area contributed by atoms with Crippen LogP contribution in [0.25, 0.3) is 0 Å². The third-order valence-corrected chi connectivity index (χ3v) is 8.14. The van der Waals surface area contributed by atoms with Crippen LogP contribution in [0.1, 0.15) is 29.7 Å². The van der Waals surface area contributed by atoms with Crippen molar-refractivity contribution in [2.24, 2.45) is 0 Å². The molecule has 1 aromatic heterocycles. The van der Waals surface area contributed by atoms with E-state index in [2.05, 4.69) is 15.2 Å². The smallest absolute Gasteiger partial charge is 0.334 e. The summed E-state index contributed by atoms with van der Waals surface area (Å²) in [7, 11) is -0.600. The molecule has 2 aliphatic heterocycles. The van der Waals surface area contributed by atoms with Gasteiger partial charge >= 0.3 is 12.2 Å². The van der Waals surface area contributed by atoms with Gasteiger partial charge in [0.2, 0.25) is 10.0 Å². The summed E-state index contributed by atoms with van der Waals surface area (Å²) in [5.74, 6) is 0. The van der Waals surface area contributed by atoms with Crippen molar-refractivity contribution in [2.75, 3.05) is 38.6 Å². The van der Waals surface area contributed by atoms with E-state index < -0.39 is 21.9 Å². The summed E-state index contributed by atoms with van der Waals surface area (Å²) in [6.45, 7) is 2.27. The number of pyridine rings is 1. The number of likely N-dealkylation sites (tertiary alicyclic amines) is 1. The van der Waals surface area contributed by atoms with Gasteiger partial charge < -0.3 is 5.32 Å². The van der Waals surface area contributed by atoms with Crippen molar-refractivity contribution in [1.29, 1.82) is 0 Å². The lowest BCUT2D eigenvalue weighted by molar-refractivity contribution is -0.141. The molecular formula is C23H29ClF3N5O3S. The number of amides is 2. The summed E-state index contributed by atoms with van der Waals surface area (Å²) in [6.07, 6.45) is -1.00. The van der Waals surface area contributed by atoms with Gasteiger partial charge in [0.05, 0.1) is 4.90 Å². The molecule has 198 valence electrons. The number of rotatable bonds is 5. The number of nitrogens with one attached hydrogen (secondary N) is 1. The highest BCUT2D eigenvalue weighted by atomic mass is 35.5. The number of hydrogen-bond donors (Lipinski definition) is 1. The third kappa shape index (κ3) is 6.10. The Morgan fingerprint density at radius 1 is 1.19 bits per heavy atom. The predicted molar refractivity (Wildman–Crippen MR) is 132 cm³/mol. The molecule has 4 rings (SSSR count). The number of nitrogens with zero attached hydrogens (tertiary/aromatic N) is 4. The fourth-order valence-electron chi connectivity index (χ4n) is 4.47.